The summed E-state index contributed by atoms with van der Waals surface area (Å²) >= 11 is 0. The molecule has 2 aliphatic carbocycles. The second-order valence-corrected chi connectivity index (χ2v) is 5.95. The predicted octanol–water partition coefficient (Wildman–Crippen LogP) is 1.72. The minimum atomic E-state index is 0.608. The normalized spacial score (nSPS) is 25.6. The van der Waals surface area contributed by atoms with E-state index in [-0.39, 0.29) is 0 Å². The average Bonchev–Trinajstić information content (AvgIpc) is 2.99. The SMILES string of the molecule is c1ccc(CC2C3Cc4c(n[nH]c4-c4nn[nH]n4)C23)cc1. The van der Waals surface area contributed by atoms with Gasteiger partial charge in [-0.2, -0.15) is 10.3 Å². The van der Waals surface area contributed by atoms with E-state index in [1.165, 1.54) is 16.8 Å². The molecule has 3 atom stereocenters. The van der Waals surface area contributed by atoms with E-state index in [0.717, 1.165) is 30.4 Å². The molecule has 6 heteroatoms. The minimum absolute atomic E-state index is 0.608. The molecule has 104 valence electrons. The van der Waals surface area contributed by atoms with Crippen LogP contribution in [0.4, 0.5) is 0 Å². The van der Waals surface area contributed by atoms with Gasteiger partial charge in [-0.15, -0.1) is 10.2 Å². The molecule has 2 heterocycles. The third-order valence-electron chi connectivity index (χ3n) is 4.87. The summed E-state index contributed by atoms with van der Waals surface area (Å²) in [6, 6.07) is 10.7. The maximum absolute atomic E-state index is 4.52. The molecule has 3 aromatic rings. The van der Waals surface area contributed by atoms with Gasteiger partial charge in [0, 0.05) is 11.5 Å². The van der Waals surface area contributed by atoms with Crippen LogP contribution in [0.25, 0.3) is 11.5 Å². The number of nitrogens with zero attached hydrogens (tertiary/aromatic N) is 4. The van der Waals surface area contributed by atoms with Crippen molar-refractivity contribution in [3.05, 3.63) is 47.2 Å². The number of H-pyrrole nitrogens is 2. The standard InChI is InChI=1S/C15H14N6/c1-2-4-8(5-3-1)6-9-10-7-11-13(12(9)10)16-17-14(11)15-18-20-21-19-15/h1-5,9-10,12H,6-7H2,(H,16,17)(H,18,19,20,21). The molecule has 1 saturated carbocycles. The molecular weight excluding hydrogens is 264 g/mol. The van der Waals surface area contributed by atoms with Crippen molar-refractivity contribution in [2.45, 2.75) is 18.8 Å². The topological polar surface area (TPSA) is 83.1 Å². The first-order chi connectivity index (χ1) is 10.4. The number of aromatic amines is 2. The monoisotopic (exact) mass is 278 g/mol. The van der Waals surface area contributed by atoms with E-state index in [1.807, 2.05) is 0 Å². The predicted molar refractivity (Wildman–Crippen MR) is 75.3 cm³/mol. The summed E-state index contributed by atoms with van der Waals surface area (Å²) in [4.78, 5) is 0. The summed E-state index contributed by atoms with van der Waals surface area (Å²) in [5.41, 5.74) is 4.87. The lowest BCUT2D eigenvalue weighted by Gasteiger charge is -2.04. The second kappa shape index (κ2) is 4.00. The molecule has 5 rings (SSSR count). The Bertz CT molecular complexity index is 776. The van der Waals surface area contributed by atoms with Crippen LogP contribution >= 0.6 is 0 Å². The van der Waals surface area contributed by atoms with E-state index in [2.05, 4.69) is 61.2 Å². The van der Waals surface area contributed by atoms with Crippen molar-refractivity contribution in [1.29, 1.82) is 0 Å². The van der Waals surface area contributed by atoms with Crippen molar-refractivity contribution in [3.63, 3.8) is 0 Å². The highest BCUT2D eigenvalue weighted by molar-refractivity contribution is 5.59. The van der Waals surface area contributed by atoms with Crippen LogP contribution in [0.1, 0.15) is 22.7 Å². The summed E-state index contributed by atoms with van der Waals surface area (Å²) in [5.74, 6) is 2.70. The first-order valence-electron chi connectivity index (χ1n) is 7.26. The van der Waals surface area contributed by atoms with Crippen molar-refractivity contribution < 1.29 is 0 Å². The molecule has 3 unspecified atom stereocenters. The molecule has 21 heavy (non-hydrogen) atoms. The fraction of sp³-hybridized carbons (Fsp3) is 0.333. The van der Waals surface area contributed by atoms with Crippen LogP contribution in [0.2, 0.25) is 0 Å². The van der Waals surface area contributed by atoms with Gasteiger partial charge in [0.1, 0.15) is 5.69 Å². The molecular formula is C15H14N6. The number of hydrogen-bond donors (Lipinski definition) is 2. The lowest BCUT2D eigenvalue weighted by molar-refractivity contribution is 0.688. The van der Waals surface area contributed by atoms with Gasteiger partial charge in [-0.1, -0.05) is 30.3 Å². The summed E-state index contributed by atoms with van der Waals surface area (Å²) in [7, 11) is 0. The van der Waals surface area contributed by atoms with Gasteiger partial charge in [0.15, 0.2) is 0 Å². The molecule has 2 aliphatic rings. The van der Waals surface area contributed by atoms with Gasteiger partial charge in [0.25, 0.3) is 0 Å². The third-order valence-corrected chi connectivity index (χ3v) is 4.87. The quantitative estimate of drug-likeness (QED) is 0.764. The molecule has 1 aromatic carbocycles. The van der Waals surface area contributed by atoms with Crippen molar-refractivity contribution >= 4 is 0 Å². The summed E-state index contributed by atoms with van der Waals surface area (Å²) in [5, 5.41) is 21.8. The highest BCUT2D eigenvalue weighted by atomic mass is 15.5. The molecule has 6 nitrogen and oxygen atoms in total. The molecule has 2 aromatic heterocycles. The van der Waals surface area contributed by atoms with Crippen LogP contribution in [0.3, 0.4) is 0 Å². The van der Waals surface area contributed by atoms with Gasteiger partial charge >= 0.3 is 0 Å². The number of aromatic nitrogens is 6. The Balaban J connectivity index is 1.41. The highest BCUT2D eigenvalue weighted by Gasteiger charge is 2.57. The summed E-state index contributed by atoms with van der Waals surface area (Å²) in [6.07, 6.45) is 2.23. The van der Waals surface area contributed by atoms with Crippen molar-refractivity contribution in [3.8, 4) is 11.5 Å². The van der Waals surface area contributed by atoms with Crippen LogP contribution in [-0.4, -0.2) is 30.8 Å². The zero-order chi connectivity index (χ0) is 13.8. The van der Waals surface area contributed by atoms with E-state index < -0.39 is 0 Å². The fourth-order valence-corrected chi connectivity index (χ4v) is 3.84. The smallest absolute Gasteiger partial charge is 0.222 e. The first kappa shape index (κ1) is 11.2. The van der Waals surface area contributed by atoms with E-state index >= 15 is 0 Å². The van der Waals surface area contributed by atoms with Crippen LogP contribution < -0.4 is 0 Å². The molecule has 1 fully saturated rings. The van der Waals surface area contributed by atoms with Crippen molar-refractivity contribution in [2.24, 2.45) is 11.8 Å². The van der Waals surface area contributed by atoms with Crippen LogP contribution in [0.5, 0.6) is 0 Å². The lowest BCUT2D eigenvalue weighted by atomic mass is 10.0. The second-order valence-electron chi connectivity index (χ2n) is 5.95. The van der Waals surface area contributed by atoms with Gasteiger partial charge in [-0.25, -0.2) is 0 Å². The Hall–Kier alpha value is -2.50. The largest absolute Gasteiger partial charge is 0.274 e. The van der Waals surface area contributed by atoms with E-state index in [0.29, 0.717) is 11.7 Å². The zero-order valence-electron chi connectivity index (χ0n) is 11.3. The average molecular weight is 278 g/mol. The highest BCUT2D eigenvalue weighted by Crippen LogP contribution is 2.62. The molecule has 0 radical (unpaired) electrons. The van der Waals surface area contributed by atoms with E-state index in [9.17, 15) is 0 Å². The summed E-state index contributed by atoms with van der Waals surface area (Å²) < 4.78 is 0. The van der Waals surface area contributed by atoms with Crippen LogP contribution in [-0.2, 0) is 12.8 Å². The minimum Gasteiger partial charge on any atom is -0.274 e. The van der Waals surface area contributed by atoms with Crippen LogP contribution in [0.15, 0.2) is 30.3 Å². The Morgan fingerprint density at radius 1 is 1.14 bits per heavy atom. The Kier molecular flexibility index (Phi) is 2.13. The number of tetrazole rings is 1. The first-order valence-corrected chi connectivity index (χ1v) is 7.26. The van der Waals surface area contributed by atoms with Crippen molar-refractivity contribution in [1.82, 2.24) is 30.8 Å². The van der Waals surface area contributed by atoms with Gasteiger partial charge in [-0.3, -0.25) is 5.10 Å². The number of nitrogens with one attached hydrogen (secondary N) is 2. The van der Waals surface area contributed by atoms with Crippen LogP contribution in [0, 0.1) is 11.8 Å². The molecule has 0 spiro atoms. The number of hydrogen-bond acceptors (Lipinski definition) is 4. The maximum Gasteiger partial charge on any atom is 0.222 e. The summed E-state index contributed by atoms with van der Waals surface area (Å²) in [6.45, 7) is 0. The van der Waals surface area contributed by atoms with Gasteiger partial charge < -0.3 is 0 Å². The Morgan fingerprint density at radius 3 is 2.86 bits per heavy atom. The zero-order valence-corrected chi connectivity index (χ0v) is 11.3. The number of rotatable bonds is 3. The lowest BCUT2D eigenvalue weighted by Crippen LogP contribution is -1.97. The number of benzene rings is 1. The third kappa shape index (κ3) is 1.59. The molecule has 0 amide bonds. The van der Waals surface area contributed by atoms with Gasteiger partial charge in [-0.05, 0) is 35.5 Å². The molecule has 0 aliphatic heterocycles. The molecule has 0 saturated heterocycles. The van der Waals surface area contributed by atoms with Gasteiger partial charge in [0.05, 0.1) is 5.69 Å². The Morgan fingerprint density at radius 2 is 2.05 bits per heavy atom. The maximum atomic E-state index is 4.52. The fourth-order valence-electron chi connectivity index (χ4n) is 3.84. The van der Waals surface area contributed by atoms with Gasteiger partial charge in [0.2, 0.25) is 5.82 Å². The van der Waals surface area contributed by atoms with Crippen molar-refractivity contribution in [2.75, 3.05) is 0 Å². The number of fused-ring (bicyclic) bond motifs is 3. The van der Waals surface area contributed by atoms with E-state index in [4.69, 9.17) is 0 Å². The molecule has 0 bridgehead atoms. The Labute approximate surface area is 121 Å². The van der Waals surface area contributed by atoms with E-state index in [1.54, 1.807) is 0 Å². The molecule has 2 N–H and O–H groups in total.